The highest BCUT2D eigenvalue weighted by Gasteiger charge is 2.37. The summed E-state index contributed by atoms with van der Waals surface area (Å²) < 4.78 is 14.6. The van der Waals surface area contributed by atoms with E-state index in [4.69, 9.17) is 0 Å². The number of hydrogen-bond donors (Lipinski definition) is 2. The smallest absolute Gasteiger partial charge is 0.331 e. The minimum atomic E-state index is -1.37. The van der Waals surface area contributed by atoms with Crippen LogP contribution in [0.1, 0.15) is 18.9 Å². The normalized spacial score (nSPS) is 21.5. The largest absolute Gasteiger partial charge is 0.481 e. The zero-order valence-corrected chi connectivity index (χ0v) is 13.2. The lowest BCUT2D eigenvalue weighted by Crippen LogP contribution is -2.29. The van der Waals surface area contributed by atoms with Crippen LogP contribution in [0, 0.1) is 14.8 Å². The highest BCUT2D eigenvalue weighted by molar-refractivity contribution is 14.1. The molecule has 1 aliphatic carbocycles. The van der Waals surface area contributed by atoms with E-state index in [1.54, 1.807) is 12.1 Å². The summed E-state index contributed by atoms with van der Waals surface area (Å²) in [5.74, 6) is -2.85. The fourth-order valence-electron chi connectivity index (χ4n) is 2.26. The fraction of sp³-hybridized carbons (Fsp3) is 0.200. The third-order valence-electron chi connectivity index (χ3n) is 3.38. The van der Waals surface area contributed by atoms with Gasteiger partial charge in [0.05, 0.1) is 5.41 Å². The molecule has 6 heteroatoms. The van der Waals surface area contributed by atoms with Crippen LogP contribution < -0.4 is 0 Å². The summed E-state index contributed by atoms with van der Waals surface area (Å²) in [6.45, 7) is 1.43. The third kappa shape index (κ3) is 2.99. The molecular weight excluding hydrogens is 390 g/mol. The molecule has 1 unspecified atom stereocenters. The van der Waals surface area contributed by atoms with Gasteiger partial charge in [0.2, 0.25) is 0 Å². The SMILES string of the molecule is CC1(C(=O)O)C=C(c2c(F)cccc2I)C=C(C(=O)O)C1. The maximum absolute atomic E-state index is 14.0. The average Bonchev–Trinajstić information content (AvgIpc) is 2.37. The van der Waals surface area contributed by atoms with Gasteiger partial charge in [0, 0.05) is 14.7 Å². The number of benzene rings is 1. The summed E-state index contributed by atoms with van der Waals surface area (Å²) in [6, 6.07) is 4.49. The Balaban J connectivity index is 2.67. The molecular formula is C15H12FIO4. The molecule has 0 fully saturated rings. The first-order valence-electron chi connectivity index (χ1n) is 6.09. The van der Waals surface area contributed by atoms with E-state index in [9.17, 15) is 24.2 Å². The highest BCUT2D eigenvalue weighted by Crippen LogP contribution is 2.39. The third-order valence-corrected chi connectivity index (χ3v) is 4.28. The molecule has 0 saturated heterocycles. The van der Waals surface area contributed by atoms with E-state index in [2.05, 4.69) is 0 Å². The van der Waals surface area contributed by atoms with Crippen LogP contribution in [0.3, 0.4) is 0 Å². The molecule has 0 aromatic heterocycles. The second kappa shape index (κ2) is 5.59. The van der Waals surface area contributed by atoms with Gasteiger partial charge in [-0.1, -0.05) is 12.1 Å². The fourth-order valence-corrected chi connectivity index (χ4v) is 3.04. The molecule has 1 aliphatic rings. The van der Waals surface area contributed by atoms with Crippen LogP contribution in [-0.2, 0) is 9.59 Å². The number of carbonyl (C=O) groups is 2. The summed E-state index contributed by atoms with van der Waals surface area (Å²) in [6.07, 6.45) is 2.63. The molecule has 1 atom stereocenters. The zero-order valence-electron chi connectivity index (χ0n) is 11.1. The predicted molar refractivity (Wildman–Crippen MR) is 83.2 cm³/mol. The molecule has 0 bridgehead atoms. The lowest BCUT2D eigenvalue weighted by molar-refractivity contribution is -0.145. The number of aliphatic carboxylic acids is 2. The molecule has 2 rings (SSSR count). The van der Waals surface area contributed by atoms with Crippen LogP contribution in [0.25, 0.3) is 5.57 Å². The number of carboxylic acid groups (broad SMARTS) is 2. The number of halogens is 2. The van der Waals surface area contributed by atoms with E-state index in [1.807, 2.05) is 22.6 Å². The van der Waals surface area contributed by atoms with Gasteiger partial charge >= 0.3 is 11.9 Å². The topological polar surface area (TPSA) is 74.6 Å². The molecule has 0 heterocycles. The van der Waals surface area contributed by atoms with Gasteiger partial charge in [-0.2, -0.15) is 0 Å². The maximum atomic E-state index is 14.0. The first kappa shape index (κ1) is 15.7. The predicted octanol–water partition coefficient (Wildman–Crippen LogP) is 3.32. The molecule has 0 spiro atoms. The number of carboxylic acids is 2. The summed E-state index contributed by atoms with van der Waals surface area (Å²) >= 11 is 1.94. The minimum Gasteiger partial charge on any atom is -0.481 e. The quantitative estimate of drug-likeness (QED) is 0.761. The van der Waals surface area contributed by atoms with Crippen molar-refractivity contribution in [1.29, 1.82) is 0 Å². The maximum Gasteiger partial charge on any atom is 0.331 e. The van der Waals surface area contributed by atoms with Gasteiger partial charge in [-0.3, -0.25) is 4.79 Å². The van der Waals surface area contributed by atoms with Crippen LogP contribution >= 0.6 is 22.6 Å². The summed E-state index contributed by atoms with van der Waals surface area (Å²) in [4.78, 5) is 22.7. The molecule has 110 valence electrons. The Bertz CT molecular complexity index is 673. The van der Waals surface area contributed by atoms with Crippen LogP contribution in [0.4, 0.5) is 4.39 Å². The summed E-state index contributed by atoms with van der Waals surface area (Å²) in [5, 5.41) is 18.5. The standard InChI is InChI=1S/C15H12FIO4/c1-15(14(20)21)6-8(5-9(7-15)13(18)19)12-10(16)3-2-4-11(12)17/h2-6H,7H2,1H3,(H,18,19)(H,20,21). The van der Waals surface area contributed by atoms with Crippen LogP contribution in [0.2, 0.25) is 0 Å². The van der Waals surface area contributed by atoms with Crippen molar-refractivity contribution in [3.63, 3.8) is 0 Å². The van der Waals surface area contributed by atoms with Crippen molar-refractivity contribution in [2.45, 2.75) is 13.3 Å². The average molecular weight is 402 g/mol. The molecule has 0 saturated carbocycles. The van der Waals surface area contributed by atoms with Crippen molar-refractivity contribution in [2.24, 2.45) is 5.41 Å². The minimum absolute atomic E-state index is 0.0450. The van der Waals surface area contributed by atoms with Crippen LogP contribution in [0.5, 0.6) is 0 Å². The lowest BCUT2D eigenvalue weighted by Gasteiger charge is -2.27. The van der Waals surface area contributed by atoms with E-state index in [0.29, 0.717) is 3.57 Å². The molecule has 0 radical (unpaired) electrons. The molecule has 1 aromatic carbocycles. The van der Waals surface area contributed by atoms with E-state index in [0.717, 1.165) is 0 Å². The van der Waals surface area contributed by atoms with Crippen molar-refractivity contribution in [3.8, 4) is 0 Å². The molecule has 1 aromatic rings. The van der Waals surface area contributed by atoms with Crippen molar-refractivity contribution in [3.05, 3.63) is 50.9 Å². The Kier molecular flexibility index (Phi) is 4.18. The molecule has 4 nitrogen and oxygen atoms in total. The van der Waals surface area contributed by atoms with E-state index >= 15 is 0 Å². The lowest BCUT2D eigenvalue weighted by atomic mass is 9.76. The Labute approximate surface area is 134 Å². The molecule has 2 N–H and O–H groups in total. The van der Waals surface area contributed by atoms with Crippen molar-refractivity contribution >= 4 is 40.1 Å². The zero-order chi connectivity index (χ0) is 15.8. The number of hydrogen-bond acceptors (Lipinski definition) is 2. The van der Waals surface area contributed by atoms with Crippen molar-refractivity contribution in [2.75, 3.05) is 0 Å². The van der Waals surface area contributed by atoms with Gasteiger partial charge in [0.1, 0.15) is 5.82 Å². The van der Waals surface area contributed by atoms with E-state index in [-0.39, 0.29) is 23.1 Å². The van der Waals surface area contributed by atoms with Gasteiger partial charge in [0.15, 0.2) is 0 Å². The van der Waals surface area contributed by atoms with Gasteiger partial charge in [-0.15, -0.1) is 0 Å². The number of rotatable bonds is 3. The van der Waals surface area contributed by atoms with E-state index in [1.165, 1.54) is 25.1 Å². The summed E-state index contributed by atoms with van der Waals surface area (Å²) in [7, 11) is 0. The Morgan fingerprint density at radius 3 is 2.52 bits per heavy atom. The van der Waals surface area contributed by atoms with Gasteiger partial charge in [-0.05, 0) is 59.7 Å². The first-order valence-corrected chi connectivity index (χ1v) is 7.17. The van der Waals surface area contributed by atoms with Gasteiger partial charge in [0.25, 0.3) is 0 Å². The van der Waals surface area contributed by atoms with Gasteiger partial charge in [-0.25, -0.2) is 9.18 Å². The molecule has 0 aliphatic heterocycles. The second-order valence-corrected chi connectivity index (χ2v) is 6.23. The monoisotopic (exact) mass is 402 g/mol. The highest BCUT2D eigenvalue weighted by atomic mass is 127. The Morgan fingerprint density at radius 2 is 2.00 bits per heavy atom. The molecule has 0 amide bonds. The number of allylic oxidation sites excluding steroid dienone is 2. The van der Waals surface area contributed by atoms with Crippen molar-refractivity contribution < 1.29 is 24.2 Å². The van der Waals surface area contributed by atoms with Crippen LogP contribution in [-0.4, -0.2) is 22.2 Å². The van der Waals surface area contributed by atoms with Crippen molar-refractivity contribution in [1.82, 2.24) is 0 Å². The van der Waals surface area contributed by atoms with E-state index < -0.39 is 23.2 Å². The molecule has 21 heavy (non-hydrogen) atoms. The summed E-state index contributed by atoms with van der Waals surface area (Å²) in [5.41, 5.74) is -0.907. The second-order valence-electron chi connectivity index (χ2n) is 5.07. The van der Waals surface area contributed by atoms with Crippen LogP contribution in [0.15, 0.2) is 35.9 Å². The van der Waals surface area contributed by atoms with Gasteiger partial charge < -0.3 is 10.2 Å². The first-order chi connectivity index (χ1) is 9.74. The Hall–Kier alpha value is -1.70. The Morgan fingerprint density at radius 1 is 1.33 bits per heavy atom.